The van der Waals surface area contributed by atoms with Gasteiger partial charge in [0.25, 0.3) is 0 Å². The van der Waals surface area contributed by atoms with E-state index in [1.807, 2.05) is 0 Å². The third kappa shape index (κ3) is 1.84. The molecule has 0 aliphatic carbocycles. The number of carbonyl (C=O) groups is 1. The second-order valence-corrected chi connectivity index (χ2v) is 3.26. The third-order valence-electron chi connectivity index (χ3n) is 1.90. The van der Waals surface area contributed by atoms with Crippen LogP contribution in [0.4, 0.5) is 0 Å². The van der Waals surface area contributed by atoms with E-state index in [2.05, 4.69) is 22.8 Å². The van der Waals surface area contributed by atoms with Crippen LogP contribution in [0.5, 0.6) is 0 Å². The Morgan fingerprint density at radius 2 is 2.27 bits per heavy atom. The van der Waals surface area contributed by atoms with E-state index in [-0.39, 0.29) is 5.56 Å². The van der Waals surface area contributed by atoms with Gasteiger partial charge in [0.1, 0.15) is 6.33 Å². The van der Waals surface area contributed by atoms with Crippen molar-refractivity contribution in [1.29, 1.82) is 0 Å². The van der Waals surface area contributed by atoms with Gasteiger partial charge in [-0.25, -0.2) is 4.79 Å². The summed E-state index contributed by atoms with van der Waals surface area (Å²) < 4.78 is 1.59. The molecule has 0 aliphatic rings. The first kappa shape index (κ1) is 9.72. The molecule has 0 unspecified atom stereocenters. The van der Waals surface area contributed by atoms with Crippen LogP contribution in [0.1, 0.15) is 10.4 Å². The number of thiol groups is 1. The number of hydrogen-bond acceptors (Lipinski definition) is 4. The number of carboxylic acid groups (broad SMARTS) is 1. The molecule has 0 amide bonds. The Morgan fingerprint density at radius 3 is 2.87 bits per heavy atom. The average Bonchev–Trinajstić information content (AvgIpc) is 2.64. The molecule has 1 N–H and O–H groups in total. The van der Waals surface area contributed by atoms with Crippen LogP contribution in [-0.2, 0) is 0 Å². The standard InChI is InChI=1S/C9H7N3O2S/c13-8(14)6-2-1-3-7(4-6)12-5-10-11-9(12)15/h1-5H,(H,11,15)(H,13,14). The van der Waals surface area contributed by atoms with Crippen LogP contribution < -0.4 is 0 Å². The second-order valence-electron chi connectivity index (χ2n) is 2.86. The van der Waals surface area contributed by atoms with E-state index in [9.17, 15) is 4.79 Å². The summed E-state index contributed by atoms with van der Waals surface area (Å²) in [6.07, 6.45) is 1.48. The van der Waals surface area contributed by atoms with Crippen LogP contribution in [0.2, 0.25) is 0 Å². The minimum absolute atomic E-state index is 0.217. The Morgan fingerprint density at radius 1 is 1.47 bits per heavy atom. The van der Waals surface area contributed by atoms with Gasteiger partial charge >= 0.3 is 5.97 Å². The van der Waals surface area contributed by atoms with E-state index in [4.69, 9.17) is 5.11 Å². The van der Waals surface area contributed by atoms with Crippen molar-refractivity contribution >= 4 is 18.6 Å². The summed E-state index contributed by atoms with van der Waals surface area (Å²) in [6.45, 7) is 0. The molecule has 2 aromatic rings. The fourth-order valence-corrected chi connectivity index (χ4v) is 1.42. The van der Waals surface area contributed by atoms with Gasteiger partial charge < -0.3 is 5.11 Å². The molecule has 0 radical (unpaired) electrons. The zero-order valence-corrected chi connectivity index (χ0v) is 8.43. The molecule has 1 aromatic carbocycles. The average molecular weight is 221 g/mol. The summed E-state index contributed by atoms with van der Waals surface area (Å²) in [4.78, 5) is 10.7. The molecule has 0 saturated carbocycles. The van der Waals surface area contributed by atoms with E-state index in [0.29, 0.717) is 10.8 Å². The highest BCUT2D eigenvalue weighted by molar-refractivity contribution is 7.80. The van der Waals surface area contributed by atoms with E-state index in [0.717, 1.165) is 0 Å². The quantitative estimate of drug-likeness (QED) is 0.749. The number of rotatable bonds is 2. The maximum Gasteiger partial charge on any atom is 0.335 e. The minimum atomic E-state index is -0.967. The molecule has 15 heavy (non-hydrogen) atoms. The van der Waals surface area contributed by atoms with Crippen molar-refractivity contribution in [3.63, 3.8) is 0 Å². The van der Waals surface area contributed by atoms with Crippen LogP contribution in [-0.4, -0.2) is 25.8 Å². The lowest BCUT2D eigenvalue weighted by Gasteiger charge is -2.03. The Labute approximate surface area is 90.8 Å². The van der Waals surface area contributed by atoms with Crippen LogP contribution >= 0.6 is 12.6 Å². The van der Waals surface area contributed by atoms with Crippen molar-refractivity contribution in [1.82, 2.24) is 14.8 Å². The summed E-state index contributed by atoms with van der Waals surface area (Å²) in [5, 5.41) is 16.6. The molecule has 0 bridgehead atoms. The largest absolute Gasteiger partial charge is 0.478 e. The van der Waals surface area contributed by atoms with Crippen LogP contribution in [0.3, 0.4) is 0 Å². The molecule has 76 valence electrons. The Kier molecular flexibility index (Phi) is 2.42. The predicted octanol–water partition coefficient (Wildman–Crippen LogP) is 1.25. The molecular weight excluding hydrogens is 214 g/mol. The number of benzene rings is 1. The molecule has 0 atom stereocenters. The highest BCUT2D eigenvalue weighted by Crippen LogP contribution is 2.13. The van der Waals surface area contributed by atoms with Gasteiger partial charge in [-0.3, -0.25) is 4.57 Å². The van der Waals surface area contributed by atoms with E-state index >= 15 is 0 Å². The van der Waals surface area contributed by atoms with Crippen molar-refractivity contribution in [2.24, 2.45) is 0 Å². The number of hydrogen-bond donors (Lipinski definition) is 2. The van der Waals surface area contributed by atoms with Gasteiger partial charge in [-0.1, -0.05) is 6.07 Å². The smallest absolute Gasteiger partial charge is 0.335 e. The zero-order chi connectivity index (χ0) is 10.8. The van der Waals surface area contributed by atoms with Gasteiger partial charge in [0, 0.05) is 5.69 Å². The molecule has 0 aliphatic heterocycles. The molecule has 1 aromatic heterocycles. The van der Waals surface area contributed by atoms with E-state index in [1.54, 1.807) is 16.7 Å². The first-order valence-electron chi connectivity index (χ1n) is 4.11. The number of carboxylic acids is 1. The molecule has 1 heterocycles. The fourth-order valence-electron chi connectivity index (χ4n) is 1.20. The monoisotopic (exact) mass is 221 g/mol. The Hall–Kier alpha value is -1.82. The SMILES string of the molecule is O=C(O)c1cccc(-n2cnnc2S)c1. The zero-order valence-electron chi connectivity index (χ0n) is 7.53. The molecule has 5 nitrogen and oxygen atoms in total. The number of aromatic carboxylic acids is 1. The molecule has 0 fully saturated rings. The van der Waals surface area contributed by atoms with Crippen molar-refractivity contribution < 1.29 is 9.90 Å². The lowest BCUT2D eigenvalue weighted by molar-refractivity contribution is 0.0697. The molecular formula is C9H7N3O2S. The van der Waals surface area contributed by atoms with Crippen molar-refractivity contribution in [2.75, 3.05) is 0 Å². The number of aromatic nitrogens is 3. The summed E-state index contributed by atoms with van der Waals surface area (Å²) in [5.74, 6) is -0.967. The minimum Gasteiger partial charge on any atom is -0.478 e. The van der Waals surface area contributed by atoms with E-state index in [1.165, 1.54) is 18.5 Å². The van der Waals surface area contributed by atoms with Gasteiger partial charge in [0.2, 0.25) is 0 Å². The maximum absolute atomic E-state index is 10.7. The van der Waals surface area contributed by atoms with Crippen molar-refractivity contribution in [2.45, 2.75) is 5.16 Å². The Bertz CT molecular complexity index is 510. The third-order valence-corrected chi connectivity index (χ3v) is 2.21. The van der Waals surface area contributed by atoms with Gasteiger partial charge in [0.05, 0.1) is 5.56 Å². The summed E-state index contributed by atoms with van der Waals surface area (Å²) in [7, 11) is 0. The lowest BCUT2D eigenvalue weighted by Crippen LogP contribution is -1.99. The Balaban J connectivity index is 2.50. The molecule has 2 rings (SSSR count). The summed E-state index contributed by atoms with van der Waals surface area (Å²) in [5.41, 5.74) is 0.888. The first-order chi connectivity index (χ1) is 7.18. The van der Waals surface area contributed by atoms with Crippen LogP contribution in [0.15, 0.2) is 35.7 Å². The van der Waals surface area contributed by atoms with Crippen molar-refractivity contribution in [3.05, 3.63) is 36.2 Å². The highest BCUT2D eigenvalue weighted by Gasteiger charge is 2.06. The first-order valence-corrected chi connectivity index (χ1v) is 4.56. The maximum atomic E-state index is 10.7. The lowest BCUT2D eigenvalue weighted by atomic mass is 10.2. The summed E-state index contributed by atoms with van der Waals surface area (Å²) >= 11 is 4.09. The fraction of sp³-hybridized carbons (Fsp3) is 0. The van der Waals surface area contributed by atoms with E-state index < -0.39 is 5.97 Å². The topological polar surface area (TPSA) is 68.0 Å². The van der Waals surface area contributed by atoms with Gasteiger partial charge in [0.15, 0.2) is 5.16 Å². The number of nitrogens with zero attached hydrogens (tertiary/aromatic N) is 3. The van der Waals surface area contributed by atoms with Gasteiger partial charge in [-0.05, 0) is 18.2 Å². The van der Waals surface area contributed by atoms with Crippen molar-refractivity contribution in [3.8, 4) is 5.69 Å². The predicted molar refractivity (Wildman–Crippen MR) is 55.6 cm³/mol. The normalized spacial score (nSPS) is 10.2. The summed E-state index contributed by atoms with van der Waals surface area (Å²) in [6, 6.07) is 6.47. The molecule has 6 heteroatoms. The van der Waals surface area contributed by atoms with Crippen LogP contribution in [0, 0.1) is 0 Å². The molecule has 0 saturated heterocycles. The molecule has 0 spiro atoms. The van der Waals surface area contributed by atoms with Gasteiger partial charge in [-0.2, -0.15) is 0 Å². The van der Waals surface area contributed by atoms with Crippen LogP contribution in [0.25, 0.3) is 5.69 Å². The second kappa shape index (κ2) is 3.74. The highest BCUT2D eigenvalue weighted by atomic mass is 32.1. The van der Waals surface area contributed by atoms with Gasteiger partial charge in [-0.15, -0.1) is 22.8 Å².